The number of thiophene rings is 1. The topological polar surface area (TPSA) is 96.2 Å². The molecular formula is C24H26N6OS. The molecule has 0 aliphatic rings. The van der Waals surface area contributed by atoms with Gasteiger partial charge in [0.2, 0.25) is 0 Å². The van der Waals surface area contributed by atoms with Gasteiger partial charge in [-0.2, -0.15) is 0 Å². The maximum atomic E-state index is 12.4. The SMILES string of the molecule is Cc1cccc(NC(=O)Nc2ccc(-c3c(CCN(C)C)sc4ncnc(N)c34)cc2)c1. The predicted molar refractivity (Wildman–Crippen MR) is 133 cm³/mol. The summed E-state index contributed by atoms with van der Waals surface area (Å²) in [5.74, 6) is 0.483. The van der Waals surface area contributed by atoms with Gasteiger partial charge in [-0.15, -0.1) is 11.3 Å². The van der Waals surface area contributed by atoms with Crippen molar-refractivity contribution < 1.29 is 4.79 Å². The lowest BCUT2D eigenvalue weighted by Crippen LogP contribution is -2.19. The molecule has 0 radical (unpaired) electrons. The highest BCUT2D eigenvalue weighted by molar-refractivity contribution is 7.19. The number of nitrogens with two attached hydrogens (primary N) is 1. The van der Waals surface area contributed by atoms with Crippen molar-refractivity contribution in [1.82, 2.24) is 14.9 Å². The van der Waals surface area contributed by atoms with E-state index < -0.39 is 0 Å². The van der Waals surface area contributed by atoms with Gasteiger partial charge in [0, 0.05) is 28.4 Å². The number of anilines is 3. The number of amides is 2. The van der Waals surface area contributed by atoms with Gasteiger partial charge >= 0.3 is 6.03 Å². The molecule has 0 spiro atoms. The summed E-state index contributed by atoms with van der Waals surface area (Å²) in [5.41, 5.74) is 10.9. The van der Waals surface area contributed by atoms with E-state index in [0.29, 0.717) is 11.5 Å². The Labute approximate surface area is 191 Å². The van der Waals surface area contributed by atoms with E-state index in [9.17, 15) is 4.79 Å². The summed E-state index contributed by atoms with van der Waals surface area (Å²) in [5, 5.41) is 6.63. The molecule has 2 heterocycles. The van der Waals surface area contributed by atoms with E-state index in [2.05, 4.69) is 39.6 Å². The first-order valence-electron chi connectivity index (χ1n) is 10.3. The molecule has 0 atom stereocenters. The fourth-order valence-electron chi connectivity index (χ4n) is 3.54. The minimum atomic E-state index is -0.284. The molecule has 8 heteroatoms. The predicted octanol–water partition coefficient (Wildman–Crippen LogP) is 5.00. The Kier molecular flexibility index (Phi) is 6.34. The van der Waals surface area contributed by atoms with Gasteiger partial charge in [0.15, 0.2) is 0 Å². The van der Waals surface area contributed by atoms with Crippen LogP contribution in [0.2, 0.25) is 0 Å². The number of benzene rings is 2. The molecule has 0 saturated heterocycles. The van der Waals surface area contributed by atoms with Crippen LogP contribution in [0.25, 0.3) is 21.3 Å². The summed E-state index contributed by atoms with van der Waals surface area (Å²) in [6.07, 6.45) is 2.40. The Bertz CT molecular complexity index is 1250. The summed E-state index contributed by atoms with van der Waals surface area (Å²) in [4.78, 5) is 25.3. The van der Waals surface area contributed by atoms with Crippen molar-refractivity contribution in [2.75, 3.05) is 37.0 Å². The van der Waals surface area contributed by atoms with Gasteiger partial charge in [-0.1, -0.05) is 24.3 Å². The molecule has 7 nitrogen and oxygen atoms in total. The monoisotopic (exact) mass is 446 g/mol. The van der Waals surface area contributed by atoms with Crippen molar-refractivity contribution in [3.63, 3.8) is 0 Å². The number of rotatable bonds is 6. The number of likely N-dealkylation sites (N-methyl/N-ethyl adjacent to an activating group) is 1. The van der Waals surface area contributed by atoms with Crippen molar-refractivity contribution in [2.24, 2.45) is 0 Å². The van der Waals surface area contributed by atoms with E-state index in [1.54, 1.807) is 11.3 Å². The van der Waals surface area contributed by atoms with Gasteiger partial charge in [-0.05, 0) is 62.8 Å². The second kappa shape index (κ2) is 9.33. The van der Waals surface area contributed by atoms with Crippen LogP contribution in [0.5, 0.6) is 0 Å². The molecule has 0 fully saturated rings. The Morgan fingerprint density at radius 3 is 2.53 bits per heavy atom. The van der Waals surface area contributed by atoms with Crippen LogP contribution in [-0.2, 0) is 6.42 Å². The van der Waals surface area contributed by atoms with E-state index in [4.69, 9.17) is 5.73 Å². The quantitative estimate of drug-likeness (QED) is 0.387. The number of fused-ring (bicyclic) bond motifs is 1. The van der Waals surface area contributed by atoms with Crippen molar-refractivity contribution >= 4 is 44.8 Å². The fourth-order valence-corrected chi connectivity index (χ4v) is 4.70. The zero-order valence-corrected chi connectivity index (χ0v) is 19.2. The van der Waals surface area contributed by atoms with Crippen molar-refractivity contribution in [3.8, 4) is 11.1 Å². The van der Waals surface area contributed by atoms with Gasteiger partial charge in [-0.25, -0.2) is 14.8 Å². The number of aryl methyl sites for hydroxylation is 1. The molecule has 32 heavy (non-hydrogen) atoms. The third-order valence-electron chi connectivity index (χ3n) is 5.08. The summed E-state index contributed by atoms with van der Waals surface area (Å²) in [6.45, 7) is 2.91. The molecule has 0 saturated carbocycles. The lowest BCUT2D eigenvalue weighted by molar-refractivity contribution is 0.262. The third-order valence-corrected chi connectivity index (χ3v) is 6.24. The second-order valence-corrected chi connectivity index (χ2v) is 9.00. The van der Waals surface area contributed by atoms with Crippen molar-refractivity contribution in [3.05, 3.63) is 65.3 Å². The number of nitrogens with one attached hydrogen (secondary N) is 2. The first-order chi connectivity index (χ1) is 15.4. The third kappa shape index (κ3) is 4.87. The number of hydrogen-bond donors (Lipinski definition) is 3. The van der Waals surface area contributed by atoms with Crippen molar-refractivity contribution in [2.45, 2.75) is 13.3 Å². The van der Waals surface area contributed by atoms with E-state index in [0.717, 1.165) is 45.6 Å². The van der Waals surface area contributed by atoms with Gasteiger partial charge in [0.25, 0.3) is 0 Å². The van der Waals surface area contributed by atoms with Crippen LogP contribution in [0.1, 0.15) is 10.4 Å². The number of nitrogens with zero attached hydrogens (tertiary/aromatic N) is 3. The molecule has 2 amide bonds. The molecule has 2 aromatic heterocycles. The zero-order valence-electron chi connectivity index (χ0n) is 18.3. The van der Waals surface area contributed by atoms with Gasteiger partial charge in [-0.3, -0.25) is 0 Å². The van der Waals surface area contributed by atoms with E-state index in [1.807, 2.05) is 55.5 Å². The zero-order chi connectivity index (χ0) is 22.7. The van der Waals surface area contributed by atoms with Gasteiger partial charge in [0.05, 0.1) is 5.39 Å². The van der Waals surface area contributed by atoms with Crippen LogP contribution in [0, 0.1) is 6.92 Å². The molecule has 0 unspecified atom stereocenters. The molecule has 4 rings (SSSR count). The van der Waals surface area contributed by atoms with Crippen LogP contribution in [0.4, 0.5) is 22.0 Å². The molecule has 4 N–H and O–H groups in total. The molecule has 2 aromatic carbocycles. The number of carbonyl (C=O) groups excluding carboxylic acids is 1. The smallest absolute Gasteiger partial charge is 0.323 e. The van der Waals surface area contributed by atoms with Crippen LogP contribution in [0.3, 0.4) is 0 Å². The van der Waals surface area contributed by atoms with Gasteiger partial charge < -0.3 is 21.3 Å². The minimum absolute atomic E-state index is 0.284. The Hall–Kier alpha value is -3.49. The Balaban J connectivity index is 1.58. The summed E-state index contributed by atoms with van der Waals surface area (Å²) >= 11 is 1.65. The highest BCUT2D eigenvalue weighted by Gasteiger charge is 2.18. The van der Waals surface area contributed by atoms with E-state index >= 15 is 0 Å². The number of hydrogen-bond acceptors (Lipinski definition) is 6. The standard InChI is InChI=1S/C24H26N6OS/c1-15-5-4-6-18(13-15)29-24(31)28-17-9-7-16(8-10-17)20-19(11-12-30(2)3)32-23-21(20)22(25)26-14-27-23/h4-10,13-14H,11-12H2,1-3H3,(H2,25,26,27)(H2,28,29,31). The number of urea groups is 1. The minimum Gasteiger partial charge on any atom is -0.383 e. The lowest BCUT2D eigenvalue weighted by Gasteiger charge is -2.11. The summed E-state index contributed by atoms with van der Waals surface area (Å²) in [7, 11) is 4.12. The van der Waals surface area contributed by atoms with Crippen LogP contribution in [0.15, 0.2) is 54.9 Å². The van der Waals surface area contributed by atoms with E-state index in [-0.39, 0.29) is 6.03 Å². The van der Waals surface area contributed by atoms with Crippen LogP contribution in [-0.4, -0.2) is 41.5 Å². The lowest BCUT2D eigenvalue weighted by atomic mass is 10.0. The van der Waals surface area contributed by atoms with Crippen molar-refractivity contribution in [1.29, 1.82) is 0 Å². The molecule has 0 bridgehead atoms. The first-order valence-corrected chi connectivity index (χ1v) is 11.1. The van der Waals surface area contributed by atoms with E-state index in [1.165, 1.54) is 11.2 Å². The van der Waals surface area contributed by atoms with Gasteiger partial charge in [0.1, 0.15) is 17.0 Å². The largest absolute Gasteiger partial charge is 0.383 e. The fraction of sp³-hybridized carbons (Fsp3) is 0.208. The molecule has 0 aliphatic heterocycles. The highest BCUT2D eigenvalue weighted by Crippen LogP contribution is 2.40. The number of carbonyl (C=O) groups is 1. The normalized spacial score (nSPS) is 11.1. The molecule has 164 valence electrons. The van der Waals surface area contributed by atoms with Crippen LogP contribution >= 0.6 is 11.3 Å². The highest BCUT2D eigenvalue weighted by atomic mass is 32.1. The summed E-state index contributed by atoms with van der Waals surface area (Å²) in [6, 6.07) is 15.2. The first kappa shape index (κ1) is 21.7. The Morgan fingerprint density at radius 2 is 1.81 bits per heavy atom. The Morgan fingerprint density at radius 1 is 1.06 bits per heavy atom. The molecule has 0 aliphatic carbocycles. The van der Waals surface area contributed by atoms with Crippen LogP contribution < -0.4 is 16.4 Å². The molecule has 4 aromatic rings. The maximum absolute atomic E-state index is 12.4. The second-order valence-electron chi connectivity index (χ2n) is 7.92. The average molecular weight is 447 g/mol. The molecular weight excluding hydrogens is 420 g/mol. The summed E-state index contributed by atoms with van der Waals surface area (Å²) < 4.78 is 0. The number of nitrogen functional groups attached to an aromatic ring is 1. The average Bonchev–Trinajstić information content (AvgIpc) is 3.12. The maximum Gasteiger partial charge on any atom is 0.323 e. The number of aromatic nitrogens is 2.